The summed E-state index contributed by atoms with van der Waals surface area (Å²) in [5, 5.41) is 3.22. The van der Waals surface area contributed by atoms with Gasteiger partial charge in [-0.1, -0.05) is 13.8 Å². The zero-order chi connectivity index (χ0) is 13.6. The highest BCUT2D eigenvalue weighted by Crippen LogP contribution is 2.17. The van der Waals surface area contributed by atoms with Crippen molar-refractivity contribution < 1.29 is 4.74 Å². The average Bonchev–Trinajstić information content (AvgIpc) is 2.35. The maximum atomic E-state index is 5.39. The lowest BCUT2D eigenvalue weighted by Crippen LogP contribution is -2.31. The predicted octanol–water partition coefficient (Wildman–Crippen LogP) is 1.55. The van der Waals surface area contributed by atoms with Crippen LogP contribution >= 0.6 is 0 Å². The molecule has 0 aliphatic heterocycles. The van der Waals surface area contributed by atoms with Crippen molar-refractivity contribution in [1.29, 1.82) is 0 Å². The molecule has 0 aliphatic rings. The SMILES string of the molecule is CCCOc1nc(NN)nc(NC(C)(C)CC)n1. The van der Waals surface area contributed by atoms with E-state index in [4.69, 9.17) is 10.6 Å². The number of nitrogens with zero attached hydrogens (tertiary/aromatic N) is 3. The molecular formula is C11H22N6O. The van der Waals surface area contributed by atoms with Crippen LogP contribution in [0.4, 0.5) is 11.9 Å². The molecule has 1 aromatic rings. The molecule has 0 bridgehead atoms. The molecule has 1 aromatic heterocycles. The van der Waals surface area contributed by atoms with Gasteiger partial charge >= 0.3 is 6.01 Å². The van der Waals surface area contributed by atoms with Crippen molar-refractivity contribution in [2.75, 3.05) is 17.3 Å². The molecule has 0 spiro atoms. The number of nitrogen functional groups attached to an aromatic ring is 1. The molecule has 0 aliphatic carbocycles. The first-order valence-electron chi connectivity index (χ1n) is 6.14. The van der Waals surface area contributed by atoms with E-state index in [-0.39, 0.29) is 17.5 Å². The summed E-state index contributed by atoms with van der Waals surface area (Å²) < 4.78 is 5.39. The number of hydrogen-bond donors (Lipinski definition) is 3. The van der Waals surface area contributed by atoms with Gasteiger partial charge in [0, 0.05) is 5.54 Å². The molecule has 4 N–H and O–H groups in total. The number of hydrogen-bond acceptors (Lipinski definition) is 7. The minimum absolute atomic E-state index is 0.102. The second-order valence-corrected chi connectivity index (χ2v) is 4.62. The largest absolute Gasteiger partial charge is 0.463 e. The summed E-state index contributed by atoms with van der Waals surface area (Å²) >= 11 is 0. The minimum Gasteiger partial charge on any atom is -0.463 e. The fourth-order valence-electron chi connectivity index (χ4n) is 1.13. The van der Waals surface area contributed by atoms with Crippen molar-refractivity contribution in [1.82, 2.24) is 15.0 Å². The molecule has 7 heteroatoms. The molecular weight excluding hydrogens is 232 g/mol. The molecule has 1 rings (SSSR count). The van der Waals surface area contributed by atoms with Crippen LogP contribution in [-0.4, -0.2) is 27.1 Å². The third kappa shape index (κ3) is 4.33. The second kappa shape index (κ2) is 6.34. The van der Waals surface area contributed by atoms with Crippen LogP contribution in [0.25, 0.3) is 0 Å². The molecule has 1 heterocycles. The quantitative estimate of drug-likeness (QED) is 0.501. The Kier molecular flexibility index (Phi) is 5.08. The van der Waals surface area contributed by atoms with Gasteiger partial charge in [0.05, 0.1) is 6.61 Å². The van der Waals surface area contributed by atoms with Crippen molar-refractivity contribution in [3.05, 3.63) is 0 Å². The van der Waals surface area contributed by atoms with Gasteiger partial charge in [0.1, 0.15) is 0 Å². The van der Waals surface area contributed by atoms with E-state index in [0.29, 0.717) is 12.6 Å². The topological polar surface area (TPSA) is 98.0 Å². The van der Waals surface area contributed by atoms with Crippen LogP contribution in [-0.2, 0) is 0 Å². The van der Waals surface area contributed by atoms with Gasteiger partial charge in [0.15, 0.2) is 0 Å². The van der Waals surface area contributed by atoms with Crippen molar-refractivity contribution in [3.63, 3.8) is 0 Å². The van der Waals surface area contributed by atoms with Gasteiger partial charge in [0.25, 0.3) is 0 Å². The Morgan fingerprint density at radius 2 is 1.83 bits per heavy atom. The Morgan fingerprint density at radius 3 is 2.39 bits per heavy atom. The fraction of sp³-hybridized carbons (Fsp3) is 0.727. The van der Waals surface area contributed by atoms with Gasteiger partial charge in [-0.05, 0) is 26.7 Å². The van der Waals surface area contributed by atoms with Crippen LogP contribution in [0.1, 0.15) is 40.5 Å². The highest BCUT2D eigenvalue weighted by molar-refractivity contribution is 5.36. The summed E-state index contributed by atoms with van der Waals surface area (Å²) in [6.45, 7) is 8.80. The lowest BCUT2D eigenvalue weighted by Gasteiger charge is -2.24. The van der Waals surface area contributed by atoms with Gasteiger partial charge < -0.3 is 10.1 Å². The molecule has 0 aromatic carbocycles. The third-order valence-electron chi connectivity index (χ3n) is 2.51. The van der Waals surface area contributed by atoms with Crippen LogP contribution in [0.15, 0.2) is 0 Å². The molecule has 0 radical (unpaired) electrons. The summed E-state index contributed by atoms with van der Waals surface area (Å²) in [7, 11) is 0. The maximum Gasteiger partial charge on any atom is 0.323 e. The van der Waals surface area contributed by atoms with Crippen LogP contribution in [0.3, 0.4) is 0 Å². The Balaban J connectivity index is 2.89. The first kappa shape index (κ1) is 14.4. The van der Waals surface area contributed by atoms with Gasteiger partial charge in [-0.3, -0.25) is 5.43 Å². The Labute approximate surface area is 108 Å². The number of hydrazine groups is 1. The Bertz CT molecular complexity index is 382. The van der Waals surface area contributed by atoms with E-state index >= 15 is 0 Å². The van der Waals surface area contributed by atoms with Crippen LogP contribution in [0.5, 0.6) is 6.01 Å². The number of nitrogens with one attached hydrogen (secondary N) is 2. The van der Waals surface area contributed by atoms with E-state index < -0.39 is 0 Å². The second-order valence-electron chi connectivity index (χ2n) is 4.62. The van der Waals surface area contributed by atoms with Crippen molar-refractivity contribution >= 4 is 11.9 Å². The molecule has 0 saturated carbocycles. The summed E-state index contributed by atoms with van der Waals surface area (Å²) in [4.78, 5) is 12.4. The summed E-state index contributed by atoms with van der Waals surface area (Å²) in [5.41, 5.74) is 2.30. The van der Waals surface area contributed by atoms with E-state index in [0.717, 1.165) is 12.8 Å². The zero-order valence-electron chi connectivity index (χ0n) is 11.4. The minimum atomic E-state index is -0.102. The van der Waals surface area contributed by atoms with Gasteiger partial charge in [-0.15, -0.1) is 0 Å². The van der Waals surface area contributed by atoms with E-state index in [1.165, 1.54) is 0 Å². The van der Waals surface area contributed by atoms with Crippen LogP contribution < -0.4 is 21.3 Å². The molecule has 102 valence electrons. The van der Waals surface area contributed by atoms with E-state index in [9.17, 15) is 0 Å². The third-order valence-corrected chi connectivity index (χ3v) is 2.51. The van der Waals surface area contributed by atoms with Crippen LogP contribution in [0.2, 0.25) is 0 Å². The van der Waals surface area contributed by atoms with Gasteiger partial charge in [-0.2, -0.15) is 15.0 Å². The highest BCUT2D eigenvalue weighted by atomic mass is 16.5. The molecule has 0 amide bonds. The standard InChI is InChI=1S/C11H22N6O/c1-5-7-18-10-14-8(13-9(15-10)17-12)16-11(3,4)6-2/h5-7,12H2,1-4H3,(H2,13,14,15,16,17). The molecule has 18 heavy (non-hydrogen) atoms. The molecule has 0 fully saturated rings. The first-order chi connectivity index (χ1) is 8.50. The maximum absolute atomic E-state index is 5.39. The average molecular weight is 254 g/mol. The number of nitrogens with two attached hydrogens (primary N) is 1. The Hall–Kier alpha value is -1.63. The van der Waals surface area contributed by atoms with Gasteiger partial charge in [-0.25, -0.2) is 5.84 Å². The zero-order valence-corrected chi connectivity index (χ0v) is 11.4. The number of anilines is 2. The predicted molar refractivity (Wildman–Crippen MR) is 71.4 cm³/mol. The summed E-state index contributed by atoms with van der Waals surface area (Å²) in [5.74, 6) is 6.06. The smallest absolute Gasteiger partial charge is 0.323 e. The number of ether oxygens (including phenoxy) is 1. The Morgan fingerprint density at radius 1 is 1.17 bits per heavy atom. The molecule has 0 saturated heterocycles. The molecule has 0 unspecified atom stereocenters. The first-order valence-corrected chi connectivity index (χ1v) is 6.14. The lowest BCUT2D eigenvalue weighted by molar-refractivity contribution is 0.292. The van der Waals surface area contributed by atoms with Crippen LogP contribution in [0, 0.1) is 0 Å². The number of aromatic nitrogens is 3. The summed E-state index contributed by atoms with van der Waals surface area (Å²) in [6, 6.07) is 0.272. The van der Waals surface area contributed by atoms with E-state index in [1.54, 1.807) is 0 Å². The fourth-order valence-corrected chi connectivity index (χ4v) is 1.13. The van der Waals surface area contributed by atoms with Crippen molar-refractivity contribution in [2.45, 2.75) is 46.1 Å². The molecule has 7 nitrogen and oxygen atoms in total. The van der Waals surface area contributed by atoms with Crippen molar-refractivity contribution in [2.24, 2.45) is 5.84 Å². The summed E-state index contributed by atoms with van der Waals surface area (Å²) in [6.07, 6.45) is 1.83. The normalized spacial score (nSPS) is 11.2. The van der Waals surface area contributed by atoms with E-state index in [1.807, 2.05) is 6.92 Å². The number of rotatable bonds is 7. The van der Waals surface area contributed by atoms with E-state index in [2.05, 4.69) is 46.5 Å². The van der Waals surface area contributed by atoms with Gasteiger partial charge in [0.2, 0.25) is 11.9 Å². The monoisotopic (exact) mass is 254 g/mol. The molecule has 0 atom stereocenters. The highest BCUT2D eigenvalue weighted by Gasteiger charge is 2.17. The lowest BCUT2D eigenvalue weighted by atomic mass is 10.0. The van der Waals surface area contributed by atoms with Crippen molar-refractivity contribution in [3.8, 4) is 6.01 Å².